The topological polar surface area (TPSA) is 38.3 Å². The number of nitrogens with one attached hydrogen (secondary N) is 1. The zero-order chi connectivity index (χ0) is 15.4. The third-order valence-corrected chi connectivity index (χ3v) is 3.30. The maximum absolute atomic E-state index is 12.2. The lowest BCUT2D eigenvalue weighted by molar-refractivity contribution is 0.102. The van der Waals surface area contributed by atoms with E-state index in [4.69, 9.17) is 16.3 Å². The molecule has 0 radical (unpaired) electrons. The Kier molecular flexibility index (Phi) is 4.86. The molecule has 4 heteroatoms. The number of hydrogen-bond donors (Lipinski definition) is 1. The van der Waals surface area contributed by atoms with Gasteiger partial charge >= 0.3 is 0 Å². The molecule has 2 aromatic rings. The first-order valence-electron chi connectivity index (χ1n) is 6.80. The summed E-state index contributed by atoms with van der Waals surface area (Å²) in [6.45, 7) is 5.81. The van der Waals surface area contributed by atoms with Crippen LogP contribution < -0.4 is 10.1 Å². The molecule has 3 nitrogen and oxygen atoms in total. The molecular formula is C17H18ClNO2. The van der Waals surface area contributed by atoms with Gasteiger partial charge in [-0.25, -0.2) is 0 Å². The zero-order valence-corrected chi connectivity index (χ0v) is 13.1. The van der Waals surface area contributed by atoms with Gasteiger partial charge in [-0.05, 0) is 56.7 Å². The molecule has 0 aromatic heterocycles. The van der Waals surface area contributed by atoms with Crippen molar-refractivity contribution < 1.29 is 9.53 Å². The summed E-state index contributed by atoms with van der Waals surface area (Å²) in [5.74, 6) is 0.490. The fraction of sp³-hybridized carbons (Fsp3) is 0.235. The van der Waals surface area contributed by atoms with E-state index in [1.54, 1.807) is 24.3 Å². The molecule has 0 saturated heterocycles. The summed E-state index contributed by atoms with van der Waals surface area (Å²) in [7, 11) is 0. The van der Waals surface area contributed by atoms with Gasteiger partial charge in [-0.3, -0.25) is 4.79 Å². The number of amides is 1. The first-order chi connectivity index (χ1) is 9.95. The minimum Gasteiger partial charge on any atom is -0.491 e. The van der Waals surface area contributed by atoms with E-state index >= 15 is 0 Å². The van der Waals surface area contributed by atoms with E-state index < -0.39 is 0 Å². The van der Waals surface area contributed by atoms with Crippen LogP contribution in [-0.2, 0) is 0 Å². The Labute approximate surface area is 129 Å². The van der Waals surface area contributed by atoms with Crippen molar-refractivity contribution >= 4 is 23.2 Å². The Morgan fingerprint density at radius 1 is 1.19 bits per heavy atom. The largest absolute Gasteiger partial charge is 0.491 e. The maximum Gasteiger partial charge on any atom is 0.255 e. The number of carbonyl (C=O) groups is 1. The number of hydrogen-bond acceptors (Lipinski definition) is 2. The first kappa shape index (κ1) is 15.4. The van der Waals surface area contributed by atoms with Crippen molar-refractivity contribution in [1.29, 1.82) is 0 Å². The second-order valence-electron chi connectivity index (χ2n) is 5.11. The molecule has 1 N–H and O–H groups in total. The van der Waals surface area contributed by atoms with Crippen molar-refractivity contribution in [3.63, 3.8) is 0 Å². The second kappa shape index (κ2) is 6.64. The van der Waals surface area contributed by atoms with Gasteiger partial charge in [-0.15, -0.1) is 0 Å². The predicted molar refractivity (Wildman–Crippen MR) is 86.3 cm³/mol. The van der Waals surface area contributed by atoms with E-state index in [1.165, 1.54) is 0 Å². The Balaban J connectivity index is 2.14. The molecule has 0 aliphatic rings. The normalized spacial score (nSPS) is 10.5. The molecule has 2 rings (SSSR count). The highest BCUT2D eigenvalue weighted by molar-refractivity contribution is 6.31. The monoisotopic (exact) mass is 303 g/mol. The summed E-state index contributed by atoms with van der Waals surface area (Å²) < 4.78 is 5.59. The van der Waals surface area contributed by atoms with E-state index in [0.717, 1.165) is 5.56 Å². The van der Waals surface area contributed by atoms with Crippen molar-refractivity contribution in [2.75, 3.05) is 5.32 Å². The van der Waals surface area contributed by atoms with Gasteiger partial charge in [-0.2, -0.15) is 0 Å². The Morgan fingerprint density at radius 2 is 1.95 bits per heavy atom. The van der Waals surface area contributed by atoms with Gasteiger partial charge in [0, 0.05) is 16.3 Å². The summed E-state index contributed by atoms with van der Waals surface area (Å²) in [4.78, 5) is 12.2. The molecule has 0 spiro atoms. The van der Waals surface area contributed by atoms with Gasteiger partial charge in [0.1, 0.15) is 5.75 Å². The highest BCUT2D eigenvalue weighted by Crippen LogP contribution is 2.21. The van der Waals surface area contributed by atoms with Gasteiger partial charge in [0.2, 0.25) is 0 Å². The van der Waals surface area contributed by atoms with E-state index in [9.17, 15) is 4.79 Å². The number of carbonyl (C=O) groups excluding carboxylic acids is 1. The van der Waals surface area contributed by atoms with Crippen molar-refractivity contribution in [3.8, 4) is 5.75 Å². The third kappa shape index (κ3) is 4.23. The summed E-state index contributed by atoms with van der Waals surface area (Å²) in [5.41, 5.74) is 2.19. The third-order valence-electron chi connectivity index (χ3n) is 2.90. The summed E-state index contributed by atoms with van der Waals surface area (Å²) >= 11 is 6.05. The highest BCUT2D eigenvalue weighted by Gasteiger charge is 2.08. The Bertz CT molecular complexity index is 653. The molecule has 1 amide bonds. The van der Waals surface area contributed by atoms with Crippen LogP contribution >= 0.6 is 11.6 Å². The fourth-order valence-corrected chi connectivity index (χ4v) is 2.04. The van der Waals surface area contributed by atoms with Gasteiger partial charge < -0.3 is 10.1 Å². The zero-order valence-electron chi connectivity index (χ0n) is 12.3. The summed E-state index contributed by atoms with van der Waals surface area (Å²) in [6.07, 6.45) is 0.0687. The van der Waals surface area contributed by atoms with E-state index in [0.29, 0.717) is 22.0 Å². The summed E-state index contributed by atoms with van der Waals surface area (Å²) in [6, 6.07) is 12.5. The minimum atomic E-state index is -0.191. The lowest BCUT2D eigenvalue weighted by atomic mass is 10.2. The number of halogens is 1. The molecule has 0 aliphatic heterocycles. The molecule has 21 heavy (non-hydrogen) atoms. The molecule has 110 valence electrons. The molecule has 0 heterocycles. The lowest BCUT2D eigenvalue weighted by Gasteiger charge is -2.11. The van der Waals surface area contributed by atoms with Gasteiger partial charge in [0.25, 0.3) is 5.91 Å². The Morgan fingerprint density at radius 3 is 2.62 bits per heavy atom. The number of anilines is 1. The number of ether oxygens (including phenoxy) is 1. The molecule has 0 saturated carbocycles. The van der Waals surface area contributed by atoms with E-state index in [2.05, 4.69) is 5.32 Å². The van der Waals surface area contributed by atoms with Crippen LogP contribution in [0.15, 0.2) is 42.5 Å². The maximum atomic E-state index is 12.2. The average molecular weight is 304 g/mol. The molecule has 0 unspecified atom stereocenters. The fourth-order valence-electron chi connectivity index (χ4n) is 1.86. The predicted octanol–water partition coefficient (Wildman–Crippen LogP) is 4.69. The molecule has 2 aromatic carbocycles. The van der Waals surface area contributed by atoms with Crippen molar-refractivity contribution in [2.24, 2.45) is 0 Å². The van der Waals surface area contributed by atoms with Gasteiger partial charge in [0.05, 0.1) is 6.10 Å². The van der Waals surface area contributed by atoms with E-state index in [-0.39, 0.29) is 12.0 Å². The first-order valence-corrected chi connectivity index (χ1v) is 7.17. The molecular weight excluding hydrogens is 286 g/mol. The highest BCUT2D eigenvalue weighted by atomic mass is 35.5. The molecule has 0 aliphatic carbocycles. The van der Waals surface area contributed by atoms with Crippen LogP contribution in [0.4, 0.5) is 5.69 Å². The number of aryl methyl sites for hydroxylation is 1. The van der Waals surface area contributed by atoms with Crippen LogP contribution in [0.5, 0.6) is 5.75 Å². The van der Waals surface area contributed by atoms with Crippen molar-refractivity contribution in [3.05, 3.63) is 58.6 Å². The minimum absolute atomic E-state index is 0.0687. The lowest BCUT2D eigenvalue weighted by Crippen LogP contribution is -2.12. The second-order valence-corrected chi connectivity index (χ2v) is 5.52. The average Bonchev–Trinajstić information content (AvgIpc) is 2.42. The van der Waals surface area contributed by atoms with Crippen LogP contribution in [-0.4, -0.2) is 12.0 Å². The van der Waals surface area contributed by atoms with Crippen LogP contribution in [0.1, 0.15) is 29.8 Å². The standard InChI is InChI=1S/C17H18ClNO2/c1-11(2)21-15-6-4-5-13(9-15)17(20)19-14-8-7-12(3)16(18)10-14/h4-11H,1-3H3,(H,19,20). The summed E-state index contributed by atoms with van der Waals surface area (Å²) in [5, 5.41) is 3.46. The molecule has 0 fully saturated rings. The van der Waals surface area contributed by atoms with Gasteiger partial charge in [0.15, 0.2) is 0 Å². The van der Waals surface area contributed by atoms with Crippen LogP contribution in [0.2, 0.25) is 5.02 Å². The quantitative estimate of drug-likeness (QED) is 0.890. The molecule has 0 bridgehead atoms. The van der Waals surface area contributed by atoms with Crippen molar-refractivity contribution in [1.82, 2.24) is 0 Å². The van der Waals surface area contributed by atoms with Crippen LogP contribution in [0.3, 0.4) is 0 Å². The van der Waals surface area contributed by atoms with Crippen molar-refractivity contribution in [2.45, 2.75) is 26.9 Å². The number of rotatable bonds is 4. The Hall–Kier alpha value is -2.00. The van der Waals surface area contributed by atoms with Crippen LogP contribution in [0.25, 0.3) is 0 Å². The SMILES string of the molecule is Cc1ccc(NC(=O)c2cccc(OC(C)C)c2)cc1Cl. The number of benzene rings is 2. The van der Waals surface area contributed by atoms with Crippen LogP contribution in [0, 0.1) is 6.92 Å². The van der Waals surface area contributed by atoms with E-state index in [1.807, 2.05) is 39.0 Å². The van der Waals surface area contributed by atoms with Gasteiger partial charge in [-0.1, -0.05) is 23.7 Å². The smallest absolute Gasteiger partial charge is 0.255 e. The molecule has 0 atom stereocenters.